The Bertz CT molecular complexity index is 335. The van der Waals surface area contributed by atoms with Gasteiger partial charge in [0.05, 0.1) is 19.3 Å². The van der Waals surface area contributed by atoms with E-state index in [9.17, 15) is 4.57 Å². The van der Waals surface area contributed by atoms with Crippen molar-refractivity contribution >= 4 is 7.82 Å². The van der Waals surface area contributed by atoms with E-state index in [2.05, 4.69) is 13.8 Å². The van der Waals surface area contributed by atoms with Crippen LogP contribution in [0.5, 0.6) is 0 Å². The van der Waals surface area contributed by atoms with Crippen molar-refractivity contribution in [3.63, 3.8) is 0 Å². The highest BCUT2D eigenvalue weighted by Gasteiger charge is 2.29. The summed E-state index contributed by atoms with van der Waals surface area (Å²) in [7, 11) is -3.42. The van der Waals surface area contributed by atoms with Crippen molar-refractivity contribution in [2.45, 2.75) is 137 Å². The van der Waals surface area contributed by atoms with E-state index in [1.165, 1.54) is 77.0 Å². The van der Waals surface area contributed by atoms with Crippen molar-refractivity contribution in [2.24, 2.45) is 0 Å². The lowest BCUT2D eigenvalue weighted by Gasteiger charge is -2.23. The van der Waals surface area contributed by atoms with E-state index in [0.29, 0.717) is 13.2 Å². The number of phosphoric ester groups is 1. The van der Waals surface area contributed by atoms with Crippen molar-refractivity contribution in [3.8, 4) is 0 Å². The normalized spacial score (nSPS) is 12.2. The minimum Gasteiger partial charge on any atom is -0.287 e. The van der Waals surface area contributed by atoms with Gasteiger partial charge in [0, 0.05) is 0 Å². The van der Waals surface area contributed by atoms with Gasteiger partial charge in [-0.05, 0) is 26.7 Å². The average Bonchev–Trinajstić information content (AvgIpc) is 2.66. The van der Waals surface area contributed by atoms with Gasteiger partial charge in [-0.2, -0.15) is 0 Å². The molecule has 0 amide bonds. The molecule has 0 aromatic carbocycles. The maximum absolute atomic E-state index is 12.8. The third-order valence-electron chi connectivity index (χ3n) is 5.11. The van der Waals surface area contributed by atoms with Crippen LogP contribution in [0.2, 0.25) is 0 Å². The molecule has 0 bridgehead atoms. The van der Waals surface area contributed by atoms with Crippen LogP contribution in [0.25, 0.3) is 0 Å². The summed E-state index contributed by atoms with van der Waals surface area (Å²) in [5.41, 5.74) is 0. The number of hydrogen-bond acceptors (Lipinski definition) is 4. The Labute approximate surface area is 176 Å². The molecule has 0 atom stereocenters. The van der Waals surface area contributed by atoms with Crippen molar-refractivity contribution in [1.29, 1.82) is 0 Å². The molecule has 0 heterocycles. The molecular weight excluding hydrogens is 371 g/mol. The smallest absolute Gasteiger partial charge is 0.287 e. The van der Waals surface area contributed by atoms with E-state index in [0.717, 1.165) is 25.7 Å². The molecule has 0 aliphatic rings. The summed E-state index contributed by atoms with van der Waals surface area (Å²) in [5, 5.41) is 0. The first-order valence-electron chi connectivity index (χ1n) is 12.2. The van der Waals surface area contributed by atoms with Gasteiger partial charge in [0.2, 0.25) is 0 Å². The van der Waals surface area contributed by atoms with Crippen LogP contribution in [0.3, 0.4) is 0 Å². The number of unbranched alkanes of at least 4 members (excludes halogenated alkanes) is 12. The monoisotopic (exact) mass is 420 g/mol. The molecule has 0 spiro atoms. The van der Waals surface area contributed by atoms with E-state index < -0.39 is 7.82 Å². The van der Waals surface area contributed by atoms with Crippen LogP contribution in [0.1, 0.15) is 130 Å². The molecule has 0 unspecified atom stereocenters. The van der Waals surface area contributed by atoms with Crippen LogP contribution in [-0.2, 0) is 18.1 Å². The molecule has 0 N–H and O–H groups in total. The fourth-order valence-electron chi connectivity index (χ4n) is 3.50. The second kappa shape index (κ2) is 20.4. The van der Waals surface area contributed by atoms with Gasteiger partial charge in [-0.1, -0.05) is 104 Å². The second-order valence-corrected chi connectivity index (χ2v) is 9.45. The molecule has 0 aliphatic carbocycles. The first-order valence-corrected chi connectivity index (χ1v) is 13.6. The molecule has 0 aliphatic heterocycles. The number of hydrogen-bond donors (Lipinski definition) is 0. The highest BCUT2D eigenvalue weighted by molar-refractivity contribution is 7.48. The van der Waals surface area contributed by atoms with Gasteiger partial charge >= 0.3 is 7.82 Å². The summed E-state index contributed by atoms with van der Waals surface area (Å²) < 4.78 is 29.4. The van der Waals surface area contributed by atoms with Gasteiger partial charge in [-0.25, -0.2) is 4.57 Å². The summed E-state index contributed by atoms with van der Waals surface area (Å²) in [5.74, 6) is 0. The van der Waals surface area contributed by atoms with Gasteiger partial charge in [0.1, 0.15) is 0 Å². The Morgan fingerprint density at radius 2 is 0.929 bits per heavy atom. The van der Waals surface area contributed by atoms with Crippen molar-refractivity contribution in [1.82, 2.24) is 0 Å². The molecule has 0 rings (SSSR count). The summed E-state index contributed by atoms with van der Waals surface area (Å²) >= 11 is 0. The van der Waals surface area contributed by atoms with Crippen LogP contribution >= 0.6 is 7.82 Å². The molecule has 0 saturated carbocycles. The molecule has 0 aromatic heterocycles. The molecule has 5 heteroatoms. The zero-order valence-electron chi connectivity index (χ0n) is 19.4. The Balaban J connectivity index is 4.30. The van der Waals surface area contributed by atoms with E-state index in [1.807, 2.05) is 13.8 Å². The third kappa shape index (κ3) is 17.0. The highest BCUT2D eigenvalue weighted by atomic mass is 31.2. The average molecular weight is 421 g/mol. The topological polar surface area (TPSA) is 44.8 Å². The van der Waals surface area contributed by atoms with Gasteiger partial charge in [-0.3, -0.25) is 13.6 Å². The van der Waals surface area contributed by atoms with E-state index >= 15 is 0 Å². The fraction of sp³-hybridized carbons (Fsp3) is 1.00. The van der Waals surface area contributed by atoms with Crippen molar-refractivity contribution in [3.05, 3.63) is 0 Å². The Morgan fingerprint density at radius 1 is 0.571 bits per heavy atom. The van der Waals surface area contributed by atoms with Gasteiger partial charge in [-0.15, -0.1) is 0 Å². The lowest BCUT2D eigenvalue weighted by Crippen LogP contribution is -2.14. The lowest BCUT2D eigenvalue weighted by atomic mass is 10.0. The lowest BCUT2D eigenvalue weighted by molar-refractivity contribution is 0.0733. The maximum Gasteiger partial charge on any atom is 0.475 e. The second-order valence-electron chi connectivity index (χ2n) is 7.83. The SMILES string of the molecule is CCCCCCCCCC(CCCCCCCCC)OP(=O)(OCC)OCC. The van der Waals surface area contributed by atoms with Crippen LogP contribution in [0.15, 0.2) is 0 Å². The molecule has 28 heavy (non-hydrogen) atoms. The molecule has 0 radical (unpaired) electrons. The predicted octanol–water partition coefficient (Wildman–Crippen LogP) is 8.83. The van der Waals surface area contributed by atoms with Crippen molar-refractivity contribution < 1.29 is 18.1 Å². The summed E-state index contributed by atoms with van der Waals surface area (Å²) in [4.78, 5) is 0. The van der Waals surface area contributed by atoms with Crippen LogP contribution < -0.4 is 0 Å². The van der Waals surface area contributed by atoms with Gasteiger partial charge in [0.15, 0.2) is 0 Å². The Hall–Kier alpha value is 0.110. The molecule has 0 aromatic rings. The Kier molecular flexibility index (Phi) is 20.5. The minimum absolute atomic E-state index is 0.0183. The van der Waals surface area contributed by atoms with E-state index in [1.54, 1.807) is 0 Å². The summed E-state index contributed by atoms with van der Waals surface area (Å²) in [6.07, 6.45) is 19.8. The van der Waals surface area contributed by atoms with Crippen molar-refractivity contribution in [2.75, 3.05) is 13.2 Å². The molecule has 170 valence electrons. The van der Waals surface area contributed by atoms with Gasteiger partial charge in [0.25, 0.3) is 0 Å². The van der Waals surface area contributed by atoms with E-state index in [4.69, 9.17) is 13.6 Å². The van der Waals surface area contributed by atoms with Crippen LogP contribution in [-0.4, -0.2) is 19.3 Å². The first kappa shape index (κ1) is 28.1. The highest BCUT2D eigenvalue weighted by Crippen LogP contribution is 2.51. The van der Waals surface area contributed by atoms with Crippen LogP contribution in [0.4, 0.5) is 0 Å². The minimum atomic E-state index is -3.42. The number of rotatable bonds is 22. The Morgan fingerprint density at radius 3 is 1.29 bits per heavy atom. The summed E-state index contributed by atoms with van der Waals surface area (Å²) in [6, 6.07) is 0. The van der Waals surface area contributed by atoms with Crippen LogP contribution in [0, 0.1) is 0 Å². The number of phosphoric acid groups is 1. The van der Waals surface area contributed by atoms with E-state index in [-0.39, 0.29) is 6.10 Å². The molecule has 4 nitrogen and oxygen atoms in total. The predicted molar refractivity (Wildman–Crippen MR) is 121 cm³/mol. The molecule has 0 fully saturated rings. The maximum atomic E-state index is 12.8. The molecular formula is C23H49O4P. The zero-order chi connectivity index (χ0) is 20.9. The van der Waals surface area contributed by atoms with Gasteiger partial charge < -0.3 is 0 Å². The standard InChI is InChI=1S/C23H49O4P/c1-5-9-11-13-15-17-19-21-23(22-20-18-16-14-12-10-6-2)27-28(24,25-7-3)26-8-4/h23H,5-22H2,1-4H3. The zero-order valence-corrected chi connectivity index (χ0v) is 20.3. The first-order chi connectivity index (χ1) is 13.6. The molecule has 0 saturated heterocycles. The summed E-state index contributed by atoms with van der Waals surface area (Å²) in [6.45, 7) is 8.85. The quantitative estimate of drug-likeness (QED) is 0.130. The fourth-order valence-corrected chi connectivity index (χ4v) is 4.91. The third-order valence-corrected chi connectivity index (χ3v) is 6.82. The largest absolute Gasteiger partial charge is 0.475 e.